The second-order valence-corrected chi connectivity index (χ2v) is 8.68. The number of hydrogen-bond acceptors (Lipinski definition) is 1. The maximum atomic E-state index is 13.7. The van der Waals surface area contributed by atoms with Crippen molar-refractivity contribution >= 4 is 0 Å². The lowest BCUT2D eigenvalue weighted by atomic mass is 9.83. The molecule has 1 aliphatic rings. The second-order valence-electron chi connectivity index (χ2n) is 8.68. The van der Waals surface area contributed by atoms with Crippen LogP contribution < -0.4 is 0 Å². The molecule has 1 unspecified atom stereocenters. The molecule has 0 aliphatic carbocycles. The molecule has 0 aromatic heterocycles. The van der Waals surface area contributed by atoms with Crippen molar-refractivity contribution in [2.45, 2.75) is 89.8 Å². The lowest BCUT2D eigenvalue weighted by Gasteiger charge is -2.46. The molecule has 1 nitrogen and oxygen atoms in total. The van der Waals surface area contributed by atoms with Crippen molar-refractivity contribution in [1.29, 1.82) is 0 Å². The molecule has 0 aromatic carbocycles. The minimum atomic E-state index is -9.75. The standard InChI is InChI=1S/C16H5F27O/c17-4(18,1-3-2-44-3)5(19,20)6(21,22)7(23,24)8(25,26)9(27,28)10(29,30)11(31,32)12(33,34)13(35,36)14(37,38)15(39,40)16(41,42)43/h3H,1-2H2. The number of halogens is 27. The molecule has 1 rings (SSSR count). The van der Waals surface area contributed by atoms with Crippen molar-refractivity contribution in [2.24, 2.45) is 0 Å². The highest BCUT2D eigenvalue weighted by molar-refractivity contribution is 5.20. The molecule has 0 N–H and O–H groups in total. The van der Waals surface area contributed by atoms with Crippen molar-refractivity contribution in [3.05, 3.63) is 0 Å². The molecule has 1 atom stereocenters. The summed E-state index contributed by atoms with van der Waals surface area (Å²) in [6.45, 7) is -1.06. The summed E-state index contributed by atoms with van der Waals surface area (Å²) >= 11 is 0. The zero-order valence-electron chi connectivity index (χ0n) is 19.1. The summed E-state index contributed by atoms with van der Waals surface area (Å²) in [4.78, 5) is 0. The maximum Gasteiger partial charge on any atom is 0.460 e. The predicted octanol–water partition coefficient (Wildman–Crippen LogP) is 8.96. The molecule has 0 amide bonds. The van der Waals surface area contributed by atoms with Crippen LogP contribution in [0.4, 0.5) is 119 Å². The van der Waals surface area contributed by atoms with Crippen LogP contribution in [0, 0.1) is 0 Å². The van der Waals surface area contributed by atoms with Gasteiger partial charge in [-0.05, 0) is 0 Å². The molecule has 1 saturated heterocycles. The van der Waals surface area contributed by atoms with E-state index in [2.05, 4.69) is 4.74 Å². The van der Waals surface area contributed by atoms with Gasteiger partial charge in [0.05, 0.1) is 12.7 Å². The Kier molecular flexibility index (Phi) is 8.92. The van der Waals surface area contributed by atoms with Crippen LogP contribution in [0.2, 0.25) is 0 Å². The van der Waals surface area contributed by atoms with Gasteiger partial charge in [-0.3, -0.25) is 0 Å². The molecule has 1 aliphatic heterocycles. The average Bonchev–Trinajstić information content (AvgIpc) is 3.60. The first-order chi connectivity index (χ1) is 18.6. The van der Waals surface area contributed by atoms with Gasteiger partial charge in [0.2, 0.25) is 0 Å². The quantitative estimate of drug-likeness (QED) is 0.137. The molecule has 264 valence electrons. The highest BCUT2D eigenvalue weighted by Gasteiger charge is 3.00. The van der Waals surface area contributed by atoms with Crippen LogP contribution in [0.15, 0.2) is 0 Å². The molecule has 0 bridgehead atoms. The first-order valence-corrected chi connectivity index (χ1v) is 9.80. The highest BCUT2D eigenvalue weighted by Crippen LogP contribution is 2.68. The van der Waals surface area contributed by atoms with Gasteiger partial charge in [-0.25, -0.2) is 0 Å². The highest BCUT2D eigenvalue weighted by atomic mass is 19.4. The number of hydrogen-bond donors (Lipinski definition) is 0. The summed E-state index contributed by atoms with van der Waals surface area (Å²) < 4.78 is 363. The van der Waals surface area contributed by atoms with Gasteiger partial charge in [-0.1, -0.05) is 0 Å². The first-order valence-electron chi connectivity index (χ1n) is 9.80. The van der Waals surface area contributed by atoms with Gasteiger partial charge in [0.15, 0.2) is 0 Å². The van der Waals surface area contributed by atoms with Crippen LogP contribution in [-0.2, 0) is 4.74 Å². The van der Waals surface area contributed by atoms with Crippen LogP contribution in [-0.4, -0.2) is 90.0 Å². The van der Waals surface area contributed by atoms with Crippen molar-refractivity contribution in [2.75, 3.05) is 6.61 Å². The Morgan fingerprint density at radius 1 is 0.318 bits per heavy atom. The van der Waals surface area contributed by atoms with E-state index in [-0.39, 0.29) is 0 Å². The Labute approximate surface area is 221 Å². The van der Waals surface area contributed by atoms with Gasteiger partial charge in [0, 0.05) is 6.42 Å². The fraction of sp³-hybridized carbons (Fsp3) is 1.00. The topological polar surface area (TPSA) is 12.5 Å². The number of alkyl halides is 27. The maximum absolute atomic E-state index is 13.7. The third-order valence-electron chi connectivity index (χ3n) is 5.65. The minimum Gasteiger partial charge on any atom is -0.373 e. The minimum absolute atomic E-state index is 1.06. The van der Waals surface area contributed by atoms with E-state index < -0.39 is 96.4 Å². The van der Waals surface area contributed by atoms with Crippen molar-refractivity contribution in [3.63, 3.8) is 0 Å². The van der Waals surface area contributed by atoms with E-state index in [1.807, 2.05) is 0 Å². The molecule has 44 heavy (non-hydrogen) atoms. The fourth-order valence-electron chi connectivity index (χ4n) is 2.78. The van der Waals surface area contributed by atoms with Crippen LogP contribution in [0.25, 0.3) is 0 Å². The monoisotopic (exact) mass is 726 g/mol. The van der Waals surface area contributed by atoms with Crippen molar-refractivity contribution < 1.29 is 123 Å². The lowest BCUT2D eigenvalue weighted by Crippen LogP contribution is -2.78. The van der Waals surface area contributed by atoms with Gasteiger partial charge < -0.3 is 4.74 Å². The van der Waals surface area contributed by atoms with Crippen LogP contribution in [0.3, 0.4) is 0 Å². The predicted molar refractivity (Wildman–Crippen MR) is 79.8 cm³/mol. The van der Waals surface area contributed by atoms with E-state index in [0.29, 0.717) is 0 Å². The van der Waals surface area contributed by atoms with E-state index in [4.69, 9.17) is 0 Å². The Bertz CT molecular complexity index is 1060. The average molecular weight is 726 g/mol. The van der Waals surface area contributed by atoms with Gasteiger partial charge >= 0.3 is 77.2 Å². The molecule has 0 spiro atoms. The summed E-state index contributed by atoms with van der Waals surface area (Å²) in [7, 11) is 0. The van der Waals surface area contributed by atoms with Crippen LogP contribution in [0.5, 0.6) is 0 Å². The molecule has 0 radical (unpaired) electrons. The number of rotatable bonds is 13. The van der Waals surface area contributed by atoms with E-state index in [1.54, 1.807) is 0 Å². The third kappa shape index (κ3) is 4.70. The summed E-state index contributed by atoms with van der Waals surface area (Å²) in [6.07, 6.45) is -13.4. The first kappa shape index (κ1) is 40.1. The molecular weight excluding hydrogens is 721 g/mol. The molecule has 1 heterocycles. The van der Waals surface area contributed by atoms with E-state index >= 15 is 0 Å². The fourth-order valence-corrected chi connectivity index (χ4v) is 2.78. The smallest absolute Gasteiger partial charge is 0.373 e. The lowest BCUT2D eigenvalue weighted by molar-refractivity contribution is -0.485. The Hall–Kier alpha value is -1.93. The third-order valence-corrected chi connectivity index (χ3v) is 5.65. The van der Waals surface area contributed by atoms with Gasteiger partial charge in [0.1, 0.15) is 0 Å². The van der Waals surface area contributed by atoms with E-state index in [9.17, 15) is 119 Å². The van der Waals surface area contributed by atoms with E-state index in [1.165, 1.54) is 0 Å². The van der Waals surface area contributed by atoms with Gasteiger partial charge in [-0.15, -0.1) is 0 Å². The second kappa shape index (κ2) is 9.79. The van der Waals surface area contributed by atoms with Gasteiger partial charge in [-0.2, -0.15) is 119 Å². The Morgan fingerprint density at radius 2 is 0.500 bits per heavy atom. The zero-order valence-corrected chi connectivity index (χ0v) is 19.1. The van der Waals surface area contributed by atoms with Gasteiger partial charge in [0.25, 0.3) is 0 Å². The normalized spacial score (nSPS) is 19.8. The Morgan fingerprint density at radius 3 is 0.682 bits per heavy atom. The summed E-state index contributed by atoms with van der Waals surface area (Å²) in [5, 5.41) is 0. The molecular formula is C16H5F27O. The Balaban J connectivity index is 3.86. The zero-order chi connectivity index (χ0) is 36.2. The van der Waals surface area contributed by atoms with Crippen molar-refractivity contribution in [1.82, 2.24) is 0 Å². The molecule has 0 saturated carbocycles. The summed E-state index contributed by atoms with van der Waals surface area (Å²) in [5.74, 6) is -109. The molecule has 28 heteroatoms. The number of ether oxygens (including phenoxy) is 1. The number of epoxide rings is 1. The molecule has 0 aromatic rings. The van der Waals surface area contributed by atoms with E-state index in [0.717, 1.165) is 0 Å². The van der Waals surface area contributed by atoms with Crippen LogP contribution in [0.1, 0.15) is 6.42 Å². The molecule has 1 fully saturated rings. The largest absolute Gasteiger partial charge is 0.460 e. The van der Waals surface area contributed by atoms with Crippen LogP contribution >= 0.6 is 0 Å². The summed E-state index contributed by atoms with van der Waals surface area (Å²) in [5.41, 5.74) is 0. The summed E-state index contributed by atoms with van der Waals surface area (Å²) in [6, 6.07) is 0. The SMILES string of the molecule is FC(F)(F)C(F)(F)C(F)(F)C(F)(F)C(F)(F)C(F)(F)C(F)(F)C(F)(F)C(F)(F)C(F)(F)C(F)(F)C(F)(F)C(F)(F)CC1CO1. The van der Waals surface area contributed by atoms with Crippen molar-refractivity contribution in [3.8, 4) is 0 Å².